The van der Waals surface area contributed by atoms with Crippen molar-refractivity contribution in [3.63, 3.8) is 0 Å². The zero-order valence-corrected chi connectivity index (χ0v) is 9.65. The molecule has 0 bridgehead atoms. The van der Waals surface area contributed by atoms with Crippen molar-refractivity contribution in [3.8, 4) is 0 Å². The van der Waals surface area contributed by atoms with E-state index in [-0.39, 0.29) is 6.61 Å². The van der Waals surface area contributed by atoms with Crippen LogP contribution in [0.1, 0.15) is 12.5 Å². The van der Waals surface area contributed by atoms with Crippen LogP contribution in [0.4, 0.5) is 0 Å². The summed E-state index contributed by atoms with van der Waals surface area (Å²) in [6.45, 7) is 1.53. The summed E-state index contributed by atoms with van der Waals surface area (Å²) >= 11 is 5.77. The molecule has 1 rings (SSSR count). The van der Waals surface area contributed by atoms with Crippen LogP contribution in [0.2, 0.25) is 5.02 Å². The van der Waals surface area contributed by atoms with Crippen molar-refractivity contribution >= 4 is 17.6 Å². The summed E-state index contributed by atoms with van der Waals surface area (Å²) in [6.07, 6.45) is -0.924. The average Bonchev–Trinajstić information content (AvgIpc) is 2.24. The minimum absolute atomic E-state index is 0.0970. The van der Waals surface area contributed by atoms with Crippen molar-refractivity contribution < 1.29 is 14.6 Å². The fraction of sp³-hybridized carbons (Fsp3) is 0.364. The van der Waals surface area contributed by atoms with Crippen LogP contribution in [0.3, 0.4) is 0 Å². The Morgan fingerprint density at radius 3 is 2.88 bits per heavy atom. The first-order chi connectivity index (χ1) is 7.50. The lowest BCUT2D eigenvalue weighted by Gasteiger charge is -2.13. The molecule has 0 heterocycles. The molecule has 0 fully saturated rings. The van der Waals surface area contributed by atoms with Gasteiger partial charge in [0.15, 0.2) is 0 Å². The van der Waals surface area contributed by atoms with E-state index >= 15 is 0 Å². The molecule has 0 spiro atoms. The first kappa shape index (κ1) is 13.0. The van der Waals surface area contributed by atoms with E-state index in [1.807, 2.05) is 0 Å². The number of esters is 1. The Morgan fingerprint density at radius 2 is 2.31 bits per heavy atom. The van der Waals surface area contributed by atoms with Crippen molar-refractivity contribution in [2.45, 2.75) is 25.7 Å². The molecule has 0 aliphatic rings. The summed E-state index contributed by atoms with van der Waals surface area (Å²) in [5.74, 6) is -0.630. The lowest BCUT2D eigenvalue weighted by atomic mass is 10.2. The number of aliphatic hydroxyl groups excluding tert-OH is 1. The highest BCUT2D eigenvalue weighted by Crippen LogP contribution is 2.11. The molecule has 16 heavy (non-hydrogen) atoms. The van der Waals surface area contributed by atoms with Crippen LogP contribution in [-0.2, 0) is 16.1 Å². The molecule has 0 unspecified atom stereocenters. The predicted molar refractivity (Wildman–Crippen MR) is 60.9 cm³/mol. The second kappa shape index (κ2) is 5.84. The molecule has 0 radical (unpaired) electrons. The standard InChI is InChI=1S/C11H14ClNO3/c1-7(14)10(13)11(15)16-6-8-3-2-4-9(12)5-8/h2-5,7,10,14H,6,13H2,1H3/t7-,10+/m1/s1. The highest BCUT2D eigenvalue weighted by molar-refractivity contribution is 6.30. The van der Waals surface area contributed by atoms with Crippen LogP contribution in [0, 0.1) is 0 Å². The van der Waals surface area contributed by atoms with E-state index in [0.717, 1.165) is 5.56 Å². The zero-order valence-electron chi connectivity index (χ0n) is 8.89. The van der Waals surface area contributed by atoms with Gasteiger partial charge in [0.05, 0.1) is 6.10 Å². The van der Waals surface area contributed by atoms with Crippen LogP contribution in [-0.4, -0.2) is 23.2 Å². The van der Waals surface area contributed by atoms with Crippen molar-refractivity contribution in [1.82, 2.24) is 0 Å². The Bertz CT molecular complexity index is 368. The maximum atomic E-state index is 11.3. The van der Waals surface area contributed by atoms with Crippen molar-refractivity contribution in [3.05, 3.63) is 34.9 Å². The lowest BCUT2D eigenvalue weighted by Crippen LogP contribution is -2.41. The van der Waals surface area contributed by atoms with Gasteiger partial charge in [-0.05, 0) is 24.6 Å². The summed E-state index contributed by atoms with van der Waals surface area (Å²) < 4.78 is 4.92. The van der Waals surface area contributed by atoms with Gasteiger partial charge < -0.3 is 15.6 Å². The van der Waals surface area contributed by atoms with Gasteiger partial charge in [0.2, 0.25) is 0 Å². The second-order valence-electron chi connectivity index (χ2n) is 3.50. The third-order valence-corrected chi connectivity index (χ3v) is 2.30. The molecule has 1 aromatic rings. The molecule has 88 valence electrons. The number of nitrogens with two attached hydrogens (primary N) is 1. The molecule has 0 aliphatic heterocycles. The van der Waals surface area contributed by atoms with Crippen LogP contribution < -0.4 is 5.73 Å². The quantitative estimate of drug-likeness (QED) is 0.777. The SMILES string of the molecule is C[C@@H](O)[C@H](N)C(=O)OCc1cccc(Cl)c1. The summed E-state index contributed by atoms with van der Waals surface area (Å²) in [6, 6.07) is 5.96. The molecule has 3 N–H and O–H groups in total. The normalized spacial score (nSPS) is 14.2. The van der Waals surface area contributed by atoms with Crippen LogP contribution >= 0.6 is 11.6 Å². The predicted octanol–water partition coefficient (Wildman–Crippen LogP) is 1.09. The van der Waals surface area contributed by atoms with Gasteiger partial charge in [-0.3, -0.25) is 4.79 Å². The van der Waals surface area contributed by atoms with E-state index in [4.69, 9.17) is 27.2 Å². The van der Waals surface area contributed by atoms with E-state index in [9.17, 15) is 4.79 Å². The van der Waals surface area contributed by atoms with Crippen LogP contribution in [0.5, 0.6) is 0 Å². The maximum Gasteiger partial charge on any atom is 0.325 e. The van der Waals surface area contributed by atoms with Crippen LogP contribution in [0.15, 0.2) is 24.3 Å². The number of benzene rings is 1. The van der Waals surface area contributed by atoms with Gasteiger partial charge in [-0.15, -0.1) is 0 Å². The summed E-state index contributed by atoms with van der Waals surface area (Å²) in [4.78, 5) is 11.3. The molecular formula is C11H14ClNO3. The smallest absolute Gasteiger partial charge is 0.325 e. The molecule has 1 aromatic carbocycles. The molecule has 0 amide bonds. The number of aliphatic hydroxyl groups is 1. The molecular weight excluding hydrogens is 230 g/mol. The Balaban J connectivity index is 2.49. The Kier molecular flexibility index (Phi) is 4.73. The van der Waals surface area contributed by atoms with Crippen molar-refractivity contribution in [1.29, 1.82) is 0 Å². The maximum absolute atomic E-state index is 11.3. The number of carbonyl (C=O) groups excluding carboxylic acids is 1. The summed E-state index contributed by atoms with van der Waals surface area (Å²) in [5.41, 5.74) is 6.18. The topological polar surface area (TPSA) is 72.5 Å². The fourth-order valence-corrected chi connectivity index (χ4v) is 1.29. The van der Waals surface area contributed by atoms with Crippen molar-refractivity contribution in [2.24, 2.45) is 5.73 Å². The van der Waals surface area contributed by atoms with Gasteiger partial charge >= 0.3 is 5.97 Å². The molecule has 0 saturated heterocycles. The zero-order chi connectivity index (χ0) is 12.1. The Labute approximate surface area is 99.0 Å². The number of ether oxygens (including phenoxy) is 1. The highest BCUT2D eigenvalue weighted by Gasteiger charge is 2.20. The molecule has 2 atom stereocenters. The van der Waals surface area contributed by atoms with E-state index in [1.165, 1.54) is 6.92 Å². The second-order valence-corrected chi connectivity index (χ2v) is 3.94. The van der Waals surface area contributed by atoms with E-state index in [0.29, 0.717) is 5.02 Å². The summed E-state index contributed by atoms with van der Waals surface area (Å²) in [7, 11) is 0. The molecule has 0 aromatic heterocycles. The lowest BCUT2D eigenvalue weighted by molar-refractivity contribution is -0.149. The summed E-state index contributed by atoms with van der Waals surface area (Å²) in [5, 5.41) is 9.66. The average molecular weight is 244 g/mol. The van der Waals surface area contributed by atoms with E-state index in [1.54, 1.807) is 24.3 Å². The number of carbonyl (C=O) groups is 1. The highest BCUT2D eigenvalue weighted by atomic mass is 35.5. The number of halogens is 1. The Hall–Kier alpha value is -1.10. The van der Waals surface area contributed by atoms with E-state index in [2.05, 4.69) is 0 Å². The van der Waals surface area contributed by atoms with Gasteiger partial charge in [-0.2, -0.15) is 0 Å². The van der Waals surface area contributed by atoms with Crippen molar-refractivity contribution in [2.75, 3.05) is 0 Å². The third-order valence-electron chi connectivity index (χ3n) is 2.06. The number of hydrogen-bond donors (Lipinski definition) is 2. The largest absolute Gasteiger partial charge is 0.460 e. The monoisotopic (exact) mass is 243 g/mol. The first-order valence-corrected chi connectivity index (χ1v) is 5.23. The third kappa shape index (κ3) is 3.81. The minimum Gasteiger partial charge on any atom is -0.460 e. The van der Waals surface area contributed by atoms with Gasteiger partial charge in [-0.25, -0.2) is 0 Å². The Morgan fingerprint density at radius 1 is 1.62 bits per heavy atom. The van der Waals surface area contributed by atoms with Gasteiger partial charge in [0, 0.05) is 5.02 Å². The number of rotatable bonds is 4. The van der Waals surface area contributed by atoms with E-state index < -0.39 is 18.1 Å². The molecule has 4 nitrogen and oxygen atoms in total. The minimum atomic E-state index is -1.01. The fourth-order valence-electron chi connectivity index (χ4n) is 1.07. The van der Waals surface area contributed by atoms with Gasteiger partial charge in [0.1, 0.15) is 12.6 Å². The van der Waals surface area contributed by atoms with Gasteiger partial charge in [-0.1, -0.05) is 23.7 Å². The molecule has 0 saturated carbocycles. The molecule has 5 heteroatoms. The van der Waals surface area contributed by atoms with Crippen LogP contribution in [0.25, 0.3) is 0 Å². The first-order valence-electron chi connectivity index (χ1n) is 4.85. The molecule has 0 aliphatic carbocycles. The number of hydrogen-bond acceptors (Lipinski definition) is 4. The van der Waals surface area contributed by atoms with Gasteiger partial charge in [0.25, 0.3) is 0 Å².